The Kier molecular flexibility index (Phi) is 3.72. The lowest BCUT2D eigenvalue weighted by Crippen LogP contribution is -2.40. The van der Waals surface area contributed by atoms with Gasteiger partial charge in [-0.1, -0.05) is 0 Å². The molecule has 1 atom stereocenters. The van der Waals surface area contributed by atoms with Gasteiger partial charge in [0.1, 0.15) is 5.01 Å². The first-order chi connectivity index (χ1) is 7.25. The number of nitrogens with one attached hydrogen (secondary N) is 2. The predicted octanol–water partition coefficient (Wildman–Crippen LogP) is 1.85. The number of thiazole rings is 1. The molecule has 0 bridgehead atoms. The molecule has 0 aliphatic carbocycles. The molecular weight excluding hydrogens is 206 g/mol. The molecule has 1 aliphatic heterocycles. The van der Waals surface area contributed by atoms with Crippen molar-refractivity contribution < 1.29 is 0 Å². The monoisotopic (exact) mass is 225 g/mol. The van der Waals surface area contributed by atoms with Gasteiger partial charge < -0.3 is 10.6 Å². The van der Waals surface area contributed by atoms with Crippen LogP contribution in [-0.2, 0) is 0 Å². The van der Waals surface area contributed by atoms with Gasteiger partial charge in [-0.05, 0) is 39.8 Å². The van der Waals surface area contributed by atoms with E-state index in [2.05, 4.69) is 29.5 Å². The fourth-order valence-electron chi connectivity index (χ4n) is 1.99. The molecule has 3 nitrogen and oxygen atoms in total. The third-order valence-electron chi connectivity index (χ3n) is 2.83. The van der Waals surface area contributed by atoms with E-state index in [1.54, 1.807) is 11.3 Å². The van der Waals surface area contributed by atoms with Gasteiger partial charge >= 0.3 is 0 Å². The highest BCUT2D eigenvalue weighted by atomic mass is 32.1. The Morgan fingerprint density at radius 3 is 2.87 bits per heavy atom. The summed E-state index contributed by atoms with van der Waals surface area (Å²) in [6.45, 7) is 6.60. The quantitative estimate of drug-likeness (QED) is 0.824. The molecule has 84 valence electrons. The molecule has 1 saturated heterocycles. The minimum Gasteiger partial charge on any atom is -0.317 e. The van der Waals surface area contributed by atoms with Crippen LogP contribution in [0.25, 0.3) is 0 Å². The van der Waals surface area contributed by atoms with Crippen LogP contribution in [0.2, 0.25) is 0 Å². The van der Waals surface area contributed by atoms with E-state index in [0.29, 0.717) is 12.1 Å². The van der Waals surface area contributed by atoms with Crippen LogP contribution in [0.15, 0.2) is 6.20 Å². The molecule has 0 aromatic carbocycles. The first-order valence-electron chi connectivity index (χ1n) is 5.65. The highest BCUT2D eigenvalue weighted by molar-refractivity contribution is 7.11. The molecule has 2 rings (SSSR count). The van der Waals surface area contributed by atoms with Crippen molar-refractivity contribution >= 4 is 11.3 Å². The molecule has 1 unspecified atom stereocenters. The zero-order valence-electron chi connectivity index (χ0n) is 9.42. The summed E-state index contributed by atoms with van der Waals surface area (Å²) in [7, 11) is 0. The molecule has 0 radical (unpaired) electrons. The largest absolute Gasteiger partial charge is 0.317 e. The Hall–Kier alpha value is -0.450. The Bertz CT molecular complexity index is 305. The molecule has 0 saturated carbocycles. The van der Waals surface area contributed by atoms with Crippen LogP contribution in [0, 0.1) is 6.92 Å². The van der Waals surface area contributed by atoms with Crippen LogP contribution in [0.4, 0.5) is 0 Å². The van der Waals surface area contributed by atoms with Gasteiger partial charge in [-0.25, -0.2) is 4.98 Å². The van der Waals surface area contributed by atoms with Gasteiger partial charge in [0.25, 0.3) is 0 Å². The molecule has 1 aromatic rings. The summed E-state index contributed by atoms with van der Waals surface area (Å²) in [4.78, 5) is 5.72. The van der Waals surface area contributed by atoms with Crippen LogP contribution in [0.3, 0.4) is 0 Å². The Labute approximate surface area is 95.3 Å². The Morgan fingerprint density at radius 1 is 1.53 bits per heavy atom. The average Bonchev–Trinajstić information content (AvgIpc) is 2.66. The SMILES string of the molecule is Cc1cnc(C(C)NC2CCNCC2)s1. The van der Waals surface area contributed by atoms with Gasteiger partial charge in [-0.15, -0.1) is 11.3 Å². The number of nitrogens with zero attached hydrogens (tertiary/aromatic N) is 1. The van der Waals surface area contributed by atoms with Gasteiger partial charge in [0.15, 0.2) is 0 Å². The maximum absolute atomic E-state index is 4.42. The van der Waals surface area contributed by atoms with Gasteiger partial charge in [0.2, 0.25) is 0 Å². The minimum absolute atomic E-state index is 0.395. The standard InChI is InChI=1S/C11H19N3S/c1-8-7-13-11(15-8)9(2)14-10-3-5-12-6-4-10/h7,9-10,12,14H,3-6H2,1-2H3. The van der Waals surface area contributed by atoms with E-state index >= 15 is 0 Å². The number of aryl methyl sites for hydroxylation is 1. The van der Waals surface area contributed by atoms with Gasteiger partial charge in [0.05, 0.1) is 6.04 Å². The zero-order chi connectivity index (χ0) is 10.7. The Balaban J connectivity index is 1.88. The van der Waals surface area contributed by atoms with Crippen molar-refractivity contribution in [3.63, 3.8) is 0 Å². The van der Waals surface area contributed by atoms with Crippen molar-refractivity contribution in [1.29, 1.82) is 0 Å². The molecule has 0 amide bonds. The normalized spacial score (nSPS) is 20.4. The predicted molar refractivity (Wildman–Crippen MR) is 64.3 cm³/mol. The zero-order valence-corrected chi connectivity index (χ0v) is 10.2. The van der Waals surface area contributed by atoms with Crippen LogP contribution in [0.5, 0.6) is 0 Å². The van der Waals surface area contributed by atoms with Gasteiger partial charge in [0, 0.05) is 17.1 Å². The fourth-order valence-corrected chi connectivity index (χ4v) is 2.77. The second-order valence-electron chi connectivity index (χ2n) is 4.22. The maximum Gasteiger partial charge on any atom is 0.109 e. The van der Waals surface area contributed by atoms with Crippen LogP contribution < -0.4 is 10.6 Å². The van der Waals surface area contributed by atoms with E-state index in [1.807, 2.05) is 6.20 Å². The van der Waals surface area contributed by atoms with Gasteiger partial charge in [-0.3, -0.25) is 0 Å². The fraction of sp³-hybridized carbons (Fsp3) is 0.727. The molecule has 15 heavy (non-hydrogen) atoms. The highest BCUT2D eigenvalue weighted by Gasteiger charge is 2.17. The molecule has 0 spiro atoms. The van der Waals surface area contributed by atoms with Crippen LogP contribution in [0.1, 0.15) is 35.7 Å². The molecule has 1 aliphatic rings. The molecule has 1 fully saturated rings. The molecule has 2 N–H and O–H groups in total. The maximum atomic E-state index is 4.42. The second kappa shape index (κ2) is 5.05. The molecule has 2 heterocycles. The van der Waals surface area contributed by atoms with E-state index in [0.717, 1.165) is 13.1 Å². The van der Waals surface area contributed by atoms with Crippen molar-refractivity contribution in [3.05, 3.63) is 16.1 Å². The van der Waals surface area contributed by atoms with E-state index < -0.39 is 0 Å². The summed E-state index contributed by atoms with van der Waals surface area (Å²) in [5.74, 6) is 0. The Morgan fingerprint density at radius 2 is 2.27 bits per heavy atom. The number of hydrogen-bond donors (Lipinski definition) is 2. The first-order valence-corrected chi connectivity index (χ1v) is 6.46. The lowest BCUT2D eigenvalue weighted by molar-refractivity contribution is 0.359. The number of aromatic nitrogens is 1. The van der Waals surface area contributed by atoms with Crippen LogP contribution >= 0.6 is 11.3 Å². The summed E-state index contributed by atoms with van der Waals surface area (Å²) in [6, 6.07) is 1.05. The minimum atomic E-state index is 0.395. The summed E-state index contributed by atoms with van der Waals surface area (Å²) < 4.78 is 0. The lowest BCUT2D eigenvalue weighted by Gasteiger charge is -2.26. The number of rotatable bonds is 3. The first kappa shape index (κ1) is 11.0. The van der Waals surface area contributed by atoms with Crippen molar-refractivity contribution in [2.45, 2.75) is 38.8 Å². The summed E-state index contributed by atoms with van der Waals surface area (Å²) in [6.07, 6.45) is 4.42. The van der Waals surface area contributed by atoms with Crippen molar-refractivity contribution in [2.75, 3.05) is 13.1 Å². The second-order valence-corrected chi connectivity index (χ2v) is 5.49. The lowest BCUT2D eigenvalue weighted by atomic mass is 10.1. The summed E-state index contributed by atoms with van der Waals surface area (Å²) in [5.41, 5.74) is 0. The average molecular weight is 225 g/mol. The summed E-state index contributed by atoms with van der Waals surface area (Å²) in [5, 5.41) is 8.25. The molecule has 4 heteroatoms. The van der Waals surface area contributed by atoms with E-state index in [-0.39, 0.29) is 0 Å². The third-order valence-corrected chi connectivity index (χ3v) is 3.93. The number of hydrogen-bond acceptors (Lipinski definition) is 4. The van der Waals surface area contributed by atoms with Crippen molar-refractivity contribution in [2.24, 2.45) is 0 Å². The van der Waals surface area contributed by atoms with Crippen molar-refractivity contribution in [3.8, 4) is 0 Å². The van der Waals surface area contributed by atoms with Crippen molar-refractivity contribution in [1.82, 2.24) is 15.6 Å². The molecule has 1 aromatic heterocycles. The smallest absolute Gasteiger partial charge is 0.109 e. The number of piperidine rings is 1. The van der Waals surface area contributed by atoms with E-state index in [9.17, 15) is 0 Å². The summed E-state index contributed by atoms with van der Waals surface area (Å²) >= 11 is 1.80. The van der Waals surface area contributed by atoms with Gasteiger partial charge in [-0.2, -0.15) is 0 Å². The third kappa shape index (κ3) is 3.00. The topological polar surface area (TPSA) is 37.0 Å². The van der Waals surface area contributed by atoms with E-state index in [4.69, 9.17) is 0 Å². The highest BCUT2D eigenvalue weighted by Crippen LogP contribution is 2.20. The molecular formula is C11H19N3S. The van der Waals surface area contributed by atoms with E-state index in [1.165, 1.54) is 22.7 Å². The van der Waals surface area contributed by atoms with Crippen LogP contribution in [-0.4, -0.2) is 24.1 Å².